The number of likely N-dealkylation sites (tertiary alicyclic amines) is 1. The molecule has 1 heterocycles. The number of thiocarbonyl (C=S) groups is 1. The van der Waals surface area contributed by atoms with Crippen LogP contribution >= 0.6 is 12.2 Å². The van der Waals surface area contributed by atoms with Gasteiger partial charge in [0.2, 0.25) is 0 Å². The molecule has 0 aliphatic carbocycles. The third-order valence-corrected chi connectivity index (χ3v) is 2.72. The lowest BCUT2D eigenvalue weighted by molar-refractivity contribution is -0.903. The van der Waals surface area contributed by atoms with E-state index in [1.807, 2.05) is 0 Å². The number of quaternary nitrogens is 1. The Kier molecular flexibility index (Phi) is 5.03. The maximum absolute atomic E-state index is 5.13. The summed E-state index contributed by atoms with van der Waals surface area (Å²) < 4.78 is 0. The summed E-state index contributed by atoms with van der Waals surface area (Å²) in [5.74, 6) is 5.13. The molecular weight excluding hydrogens is 184 g/mol. The Hall–Kier alpha value is -0.390. The zero-order chi connectivity index (χ0) is 9.52. The van der Waals surface area contributed by atoms with Gasteiger partial charge < -0.3 is 15.6 Å². The van der Waals surface area contributed by atoms with Gasteiger partial charge in [-0.15, -0.1) is 0 Å². The highest BCUT2D eigenvalue weighted by Gasteiger charge is 2.12. The second-order valence-corrected chi connectivity index (χ2v) is 3.87. The van der Waals surface area contributed by atoms with Crippen molar-refractivity contribution in [1.82, 2.24) is 10.7 Å². The molecule has 4 nitrogen and oxygen atoms in total. The molecule has 13 heavy (non-hydrogen) atoms. The number of hydrogen-bond acceptors (Lipinski definition) is 2. The molecule has 0 amide bonds. The molecule has 0 atom stereocenters. The fourth-order valence-corrected chi connectivity index (χ4v) is 1.81. The fourth-order valence-electron chi connectivity index (χ4n) is 1.71. The van der Waals surface area contributed by atoms with Crippen LogP contribution in [0.25, 0.3) is 0 Å². The number of hydrogen-bond donors (Lipinski definition) is 4. The molecule has 0 bridgehead atoms. The van der Waals surface area contributed by atoms with E-state index < -0.39 is 0 Å². The van der Waals surface area contributed by atoms with E-state index in [-0.39, 0.29) is 0 Å². The van der Waals surface area contributed by atoms with Crippen molar-refractivity contribution in [1.29, 1.82) is 0 Å². The van der Waals surface area contributed by atoms with E-state index in [2.05, 4.69) is 10.7 Å². The minimum Gasteiger partial charge on any atom is -0.356 e. The zero-order valence-corrected chi connectivity index (χ0v) is 8.75. The molecule has 1 rings (SSSR count). The van der Waals surface area contributed by atoms with Gasteiger partial charge in [-0.25, -0.2) is 5.84 Å². The smallest absolute Gasteiger partial charge is 0.180 e. The Labute approximate surface area is 84.8 Å². The Morgan fingerprint density at radius 2 is 2.00 bits per heavy atom. The molecule has 0 aromatic rings. The first-order chi connectivity index (χ1) is 6.33. The third kappa shape index (κ3) is 4.40. The van der Waals surface area contributed by atoms with Crippen molar-refractivity contribution < 1.29 is 4.90 Å². The number of nitrogens with two attached hydrogens (primary N) is 1. The van der Waals surface area contributed by atoms with Gasteiger partial charge in [0.05, 0.1) is 26.2 Å². The van der Waals surface area contributed by atoms with E-state index >= 15 is 0 Å². The highest BCUT2D eigenvalue weighted by Crippen LogP contribution is 1.93. The third-order valence-electron chi connectivity index (χ3n) is 2.46. The molecule has 1 saturated heterocycles. The van der Waals surface area contributed by atoms with Crippen LogP contribution in [0.2, 0.25) is 0 Å². The Morgan fingerprint density at radius 3 is 2.62 bits per heavy atom. The van der Waals surface area contributed by atoms with Gasteiger partial charge in [0.1, 0.15) is 0 Å². The van der Waals surface area contributed by atoms with Crippen molar-refractivity contribution in [3.05, 3.63) is 0 Å². The van der Waals surface area contributed by atoms with Gasteiger partial charge in [-0.05, 0) is 31.5 Å². The maximum Gasteiger partial charge on any atom is 0.180 e. The highest BCUT2D eigenvalue weighted by atomic mass is 32.1. The molecule has 0 radical (unpaired) electrons. The van der Waals surface area contributed by atoms with E-state index in [9.17, 15) is 0 Å². The monoisotopic (exact) mass is 203 g/mol. The first kappa shape index (κ1) is 10.7. The lowest BCUT2D eigenvalue weighted by atomic mass is 10.1. The van der Waals surface area contributed by atoms with Crippen LogP contribution in [0.15, 0.2) is 0 Å². The molecular formula is C8H19N4S+. The topological polar surface area (TPSA) is 54.5 Å². The van der Waals surface area contributed by atoms with E-state index in [1.54, 1.807) is 4.90 Å². The second-order valence-electron chi connectivity index (χ2n) is 3.46. The van der Waals surface area contributed by atoms with Gasteiger partial charge in [0, 0.05) is 0 Å². The fraction of sp³-hybridized carbons (Fsp3) is 0.875. The molecule has 76 valence electrons. The Morgan fingerprint density at radius 1 is 1.31 bits per heavy atom. The lowest BCUT2D eigenvalue weighted by Crippen LogP contribution is -3.13. The van der Waals surface area contributed by atoms with Crippen molar-refractivity contribution in [3.63, 3.8) is 0 Å². The van der Waals surface area contributed by atoms with Crippen molar-refractivity contribution in [2.45, 2.75) is 19.3 Å². The first-order valence-corrected chi connectivity index (χ1v) is 5.32. The predicted octanol–water partition coefficient (Wildman–Crippen LogP) is -1.61. The molecule has 5 N–H and O–H groups in total. The van der Waals surface area contributed by atoms with Crippen LogP contribution in [0, 0.1) is 0 Å². The largest absolute Gasteiger partial charge is 0.356 e. The molecule has 1 aliphatic heterocycles. The van der Waals surface area contributed by atoms with Gasteiger partial charge in [-0.1, -0.05) is 0 Å². The minimum absolute atomic E-state index is 0.538. The van der Waals surface area contributed by atoms with Crippen LogP contribution in [0.3, 0.4) is 0 Å². The molecule has 5 heteroatoms. The van der Waals surface area contributed by atoms with Crippen molar-refractivity contribution in [3.8, 4) is 0 Å². The molecule has 0 aromatic heterocycles. The standard InChI is InChI=1S/C8H18N4S/c9-11-8(13)10-4-7-12-5-2-1-3-6-12/h1-7,9H2,(H2,10,11,13)/p+1. The van der Waals surface area contributed by atoms with E-state index in [4.69, 9.17) is 18.1 Å². The lowest BCUT2D eigenvalue weighted by Gasteiger charge is -2.23. The van der Waals surface area contributed by atoms with E-state index in [1.165, 1.54) is 32.4 Å². The summed E-state index contributed by atoms with van der Waals surface area (Å²) in [4.78, 5) is 1.68. The SMILES string of the molecule is NNC(=S)NCC[NH+]1CCCCC1. The molecule has 1 aliphatic rings. The normalized spacial score (nSPS) is 18.2. The number of rotatable bonds is 3. The molecule has 0 unspecified atom stereocenters. The minimum atomic E-state index is 0.538. The first-order valence-electron chi connectivity index (χ1n) is 4.91. The van der Waals surface area contributed by atoms with Crippen molar-refractivity contribution >= 4 is 17.3 Å². The van der Waals surface area contributed by atoms with Crippen LogP contribution in [0.5, 0.6) is 0 Å². The molecule has 1 fully saturated rings. The van der Waals surface area contributed by atoms with E-state index in [0.29, 0.717) is 5.11 Å². The van der Waals surface area contributed by atoms with Gasteiger partial charge >= 0.3 is 0 Å². The average molecular weight is 203 g/mol. The summed E-state index contributed by atoms with van der Waals surface area (Å²) >= 11 is 4.87. The van der Waals surface area contributed by atoms with Crippen LogP contribution in [-0.2, 0) is 0 Å². The average Bonchev–Trinajstić information content (AvgIpc) is 2.19. The summed E-state index contributed by atoms with van der Waals surface area (Å²) in [5.41, 5.74) is 2.41. The summed E-state index contributed by atoms with van der Waals surface area (Å²) in [6, 6.07) is 0. The maximum atomic E-state index is 5.13. The molecule has 0 aromatic carbocycles. The molecule has 0 saturated carbocycles. The quantitative estimate of drug-likeness (QED) is 0.253. The highest BCUT2D eigenvalue weighted by molar-refractivity contribution is 7.80. The number of hydrazine groups is 1. The Balaban J connectivity index is 2.01. The zero-order valence-electron chi connectivity index (χ0n) is 7.94. The number of nitrogens with one attached hydrogen (secondary N) is 3. The van der Waals surface area contributed by atoms with Crippen LogP contribution < -0.4 is 21.5 Å². The summed E-state index contributed by atoms with van der Waals surface area (Å²) in [6.07, 6.45) is 4.14. The van der Waals surface area contributed by atoms with Crippen LogP contribution in [0.4, 0.5) is 0 Å². The second kappa shape index (κ2) is 6.12. The molecule has 0 spiro atoms. The summed E-state index contributed by atoms with van der Waals surface area (Å²) in [5, 5.41) is 3.59. The van der Waals surface area contributed by atoms with Crippen LogP contribution in [-0.4, -0.2) is 31.3 Å². The van der Waals surface area contributed by atoms with Crippen LogP contribution in [0.1, 0.15) is 19.3 Å². The summed E-state index contributed by atoms with van der Waals surface area (Å²) in [7, 11) is 0. The van der Waals surface area contributed by atoms with Gasteiger partial charge in [0.15, 0.2) is 5.11 Å². The van der Waals surface area contributed by atoms with Gasteiger partial charge in [-0.2, -0.15) is 0 Å². The van der Waals surface area contributed by atoms with Gasteiger partial charge in [0.25, 0.3) is 0 Å². The van der Waals surface area contributed by atoms with Crippen molar-refractivity contribution in [2.75, 3.05) is 26.2 Å². The van der Waals surface area contributed by atoms with Gasteiger partial charge in [-0.3, -0.25) is 0 Å². The summed E-state index contributed by atoms with van der Waals surface area (Å²) in [6.45, 7) is 4.68. The predicted molar refractivity (Wildman–Crippen MR) is 57.3 cm³/mol. The number of piperidine rings is 1. The Bertz CT molecular complexity index is 156. The van der Waals surface area contributed by atoms with E-state index in [0.717, 1.165) is 13.1 Å². The van der Waals surface area contributed by atoms with Crippen molar-refractivity contribution in [2.24, 2.45) is 5.84 Å².